The summed E-state index contributed by atoms with van der Waals surface area (Å²) in [6.07, 6.45) is 9.81. The van der Waals surface area contributed by atoms with Gasteiger partial charge in [0.15, 0.2) is 0 Å². The van der Waals surface area contributed by atoms with Crippen LogP contribution in [-0.2, 0) is 11.3 Å². The highest BCUT2D eigenvalue weighted by molar-refractivity contribution is 7.14. The Hall–Kier alpha value is -2.69. The van der Waals surface area contributed by atoms with Crippen molar-refractivity contribution in [2.75, 3.05) is 13.1 Å². The first kappa shape index (κ1) is 31.7. The van der Waals surface area contributed by atoms with Crippen LogP contribution in [0.5, 0.6) is 5.88 Å². The van der Waals surface area contributed by atoms with Crippen LogP contribution in [0.4, 0.5) is 0 Å². The van der Waals surface area contributed by atoms with Gasteiger partial charge < -0.3 is 9.84 Å². The number of ketones is 1. The Balaban J connectivity index is 1.33. The van der Waals surface area contributed by atoms with Gasteiger partial charge in [0.2, 0.25) is 5.88 Å². The van der Waals surface area contributed by atoms with E-state index in [4.69, 9.17) is 9.72 Å². The Morgan fingerprint density at radius 3 is 2.42 bits per heavy atom. The Kier molecular flexibility index (Phi) is 10.3. The number of carbonyl (C=O) groups is 2. The fraction of sp³-hybridized carbons (Fsp3) is 0.639. The summed E-state index contributed by atoms with van der Waals surface area (Å²) in [7, 11) is 0. The minimum absolute atomic E-state index is 0.00312. The molecule has 7 heteroatoms. The van der Waals surface area contributed by atoms with E-state index in [-0.39, 0.29) is 34.0 Å². The zero-order chi connectivity index (χ0) is 30.6. The van der Waals surface area contributed by atoms with Crippen molar-refractivity contribution in [2.45, 2.75) is 110 Å². The predicted molar refractivity (Wildman–Crippen MR) is 172 cm³/mol. The van der Waals surface area contributed by atoms with Crippen molar-refractivity contribution in [1.82, 2.24) is 9.88 Å². The third-order valence-corrected chi connectivity index (χ3v) is 10.5. The first-order valence-corrected chi connectivity index (χ1v) is 17.2. The molecule has 0 spiro atoms. The van der Waals surface area contributed by atoms with E-state index >= 15 is 0 Å². The topological polar surface area (TPSA) is 79.7 Å². The first-order valence-electron chi connectivity index (χ1n) is 16.3. The number of nitrogens with zero attached hydrogens (tertiary/aromatic N) is 2. The quantitative estimate of drug-likeness (QED) is 0.293. The van der Waals surface area contributed by atoms with Gasteiger partial charge in [-0.25, -0.2) is 9.78 Å². The molecule has 5 rings (SSSR count). The number of Topliss-reactive ketones (excluding diaryl/α,β-unsaturated/α-hetero) is 1. The number of aromatic carboxylic acids is 1. The monoisotopic (exact) mass is 604 g/mol. The first-order chi connectivity index (χ1) is 20.6. The maximum Gasteiger partial charge on any atom is 0.346 e. The van der Waals surface area contributed by atoms with Gasteiger partial charge in [0, 0.05) is 29.9 Å². The molecule has 232 valence electrons. The van der Waals surface area contributed by atoms with Crippen molar-refractivity contribution in [1.29, 1.82) is 0 Å². The van der Waals surface area contributed by atoms with E-state index in [9.17, 15) is 14.7 Å². The smallest absolute Gasteiger partial charge is 0.346 e. The number of ether oxygens (including phenoxy) is 1. The molecule has 3 fully saturated rings. The summed E-state index contributed by atoms with van der Waals surface area (Å²) in [4.78, 5) is 35.0. The summed E-state index contributed by atoms with van der Waals surface area (Å²) < 4.78 is 6.39. The highest BCUT2D eigenvalue weighted by atomic mass is 32.1. The lowest BCUT2D eigenvalue weighted by Crippen LogP contribution is -2.34. The van der Waals surface area contributed by atoms with Crippen molar-refractivity contribution in [2.24, 2.45) is 23.2 Å². The lowest BCUT2D eigenvalue weighted by Gasteiger charge is -2.36. The third-order valence-electron chi connectivity index (χ3n) is 9.42. The summed E-state index contributed by atoms with van der Waals surface area (Å²) in [5.41, 5.74) is 1.53. The largest absolute Gasteiger partial charge is 0.477 e. The molecule has 0 amide bonds. The molecule has 43 heavy (non-hydrogen) atoms. The van der Waals surface area contributed by atoms with Gasteiger partial charge in [-0.2, -0.15) is 0 Å². The maximum absolute atomic E-state index is 14.3. The molecule has 0 bridgehead atoms. The molecule has 3 heterocycles. The van der Waals surface area contributed by atoms with Crippen molar-refractivity contribution in [3.05, 3.63) is 45.3 Å². The lowest BCUT2D eigenvalue weighted by atomic mass is 9.69. The van der Waals surface area contributed by atoms with E-state index in [0.717, 1.165) is 81.6 Å². The number of thiophene rings is 1. The fourth-order valence-electron chi connectivity index (χ4n) is 7.04. The van der Waals surface area contributed by atoms with Crippen LogP contribution >= 0.6 is 11.3 Å². The number of aromatic nitrogens is 1. The molecule has 6 nitrogen and oxygen atoms in total. The van der Waals surface area contributed by atoms with Crippen LogP contribution in [0.3, 0.4) is 0 Å². The Morgan fingerprint density at radius 1 is 1.07 bits per heavy atom. The second kappa shape index (κ2) is 13.9. The lowest BCUT2D eigenvalue weighted by molar-refractivity contribution is -0.127. The molecule has 2 saturated carbocycles. The van der Waals surface area contributed by atoms with E-state index < -0.39 is 11.9 Å². The molecular formula is C36H48N2O4S. The highest BCUT2D eigenvalue weighted by Crippen LogP contribution is 2.44. The van der Waals surface area contributed by atoms with Crippen molar-refractivity contribution < 1.29 is 19.4 Å². The average Bonchev–Trinajstić information content (AvgIpc) is 3.64. The number of hydrogen-bond donors (Lipinski definition) is 1. The molecule has 1 N–H and O–H groups in total. The molecule has 1 aliphatic heterocycles. The molecule has 2 aliphatic carbocycles. The molecule has 0 radical (unpaired) electrons. The normalized spacial score (nSPS) is 25.5. The number of hydrogen-bond acceptors (Lipinski definition) is 6. The average molecular weight is 605 g/mol. The second-order valence-corrected chi connectivity index (χ2v) is 15.2. The summed E-state index contributed by atoms with van der Waals surface area (Å²) in [6.45, 7) is 11.5. The van der Waals surface area contributed by atoms with E-state index in [1.807, 2.05) is 39.0 Å². The van der Waals surface area contributed by atoms with Gasteiger partial charge in [-0.15, -0.1) is 11.3 Å². The SMILES string of the molecule is CC1CCC(C(=O)C(c2cc(C#CC(C)(C)C)sc2C(=O)O)C2CCC(Oc3cccc(CN4CCCC4)n3)CC2)CC1. The Bertz CT molecular complexity index is 1330. The van der Waals surface area contributed by atoms with Crippen LogP contribution in [0.2, 0.25) is 0 Å². The fourth-order valence-corrected chi connectivity index (χ4v) is 7.94. The minimum atomic E-state index is -0.962. The zero-order valence-electron chi connectivity index (χ0n) is 26.4. The van der Waals surface area contributed by atoms with E-state index in [2.05, 4.69) is 29.7 Å². The molecule has 3 aliphatic rings. The summed E-state index contributed by atoms with van der Waals surface area (Å²) >= 11 is 1.22. The Morgan fingerprint density at radius 2 is 1.77 bits per heavy atom. The van der Waals surface area contributed by atoms with Crippen molar-refractivity contribution in [3.8, 4) is 17.7 Å². The zero-order valence-corrected chi connectivity index (χ0v) is 27.2. The second-order valence-electron chi connectivity index (χ2n) is 14.1. The molecule has 1 atom stereocenters. The number of carboxylic acids is 1. The van der Waals surface area contributed by atoms with Crippen LogP contribution in [-0.4, -0.2) is 45.9 Å². The molecule has 1 unspecified atom stereocenters. The summed E-state index contributed by atoms with van der Waals surface area (Å²) in [5.74, 6) is 6.74. The van der Waals surface area contributed by atoms with Crippen LogP contribution < -0.4 is 4.74 Å². The van der Waals surface area contributed by atoms with Gasteiger partial charge in [0.05, 0.1) is 10.6 Å². The minimum Gasteiger partial charge on any atom is -0.477 e. The highest BCUT2D eigenvalue weighted by Gasteiger charge is 2.40. The van der Waals surface area contributed by atoms with Gasteiger partial charge in [0.1, 0.15) is 16.8 Å². The van der Waals surface area contributed by atoms with Gasteiger partial charge in [-0.05, 0) is 115 Å². The van der Waals surface area contributed by atoms with Crippen LogP contribution in [0.1, 0.15) is 124 Å². The van der Waals surface area contributed by atoms with Crippen LogP contribution in [0.25, 0.3) is 0 Å². The number of carbonyl (C=O) groups excluding carboxylic acids is 1. The number of pyridine rings is 1. The van der Waals surface area contributed by atoms with Crippen molar-refractivity contribution in [3.63, 3.8) is 0 Å². The van der Waals surface area contributed by atoms with E-state index in [0.29, 0.717) is 17.4 Å². The van der Waals surface area contributed by atoms with Gasteiger partial charge in [-0.3, -0.25) is 9.69 Å². The number of likely N-dealkylation sites (tertiary alicyclic amines) is 1. The van der Waals surface area contributed by atoms with Crippen LogP contribution in [0, 0.1) is 35.0 Å². The summed E-state index contributed by atoms with van der Waals surface area (Å²) in [6, 6.07) is 7.97. The van der Waals surface area contributed by atoms with E-state index in [1.165, 1.54) is 24.2 Å². The number of carboxylic acid groups (broad SMARTS) is 1. The summed E-state index contributed by atoms with van der Waals surface area (Å²) in [5, 5.41) is 10.2. The maximum atomic E-state index is 14.3. The van der Waals surface area contributed by atoms with Crippen molar-refractivity contribution >= 4 is 23.1 Å². The predicted octanol–water partition coefficient (Wildman–Crippen LogP) is 7.95. The van der Waals surface area contributed by atoms with Gasteiger partial charge in [0.25, 0.3) is 0 Å². The van der Waals surface area contributed by atoms with Crippen LogP contribution in [0.15, 0.2) is 24.3 Å². The standard InChI is InChI=1S/C36H48N2O4S/c1-24-10-12-26(13-11-24)33(39)32(30-22-29(18-19-36(2,3)4)43-34(30)35(40)41)25-14-16-28(17-15-25)42-31-9-7-8-27(37-31)23-38-20-5-6-21-38/h7-9,22,24-26,28,32H,5-6,10-17,20-21,23H2,1-4H3,(H,40,41). The molecule has 0 aromatic carbocycles. The van der Waals surface area contributed by atoms with E-state index in [1.54, 1.807) is 0 Å². The molecule has 2 aromatic rings. The van der Waals surface area contributed by atoms with Gasteiger partial charge in [-0.1, -0.05) is 37.7 Å². The molecular weight excluding hydrogens is 556 g/mol. The molecule has 2 aromatic heterocycles. The third kappa shape index (κ3) is 8.48. The number of rotatable bonds is 9. The molecule has 1 saturated heterocycles. The van der Waals surface area contributed by atoms with Gasteiger partial charge >= 0.3 is 5.97 Å². The Labute approximate surface area is 261 Å².